The van der Waals surface area contributed by atoms with Crippen LogP contribution in [0.3, 0.4) is 0 Å². The number of likely N-dealkylation sites (tertiary alicyclic amines) is 2. The van der Waals surface area contributed by atoms with E-state index < -0.39 is 5.41 Å². The average molecular weight is 383 g/mol. The third kappa shape index (κ3) is 3.25. The highest BCUT2D eigenvalue weighted by atomic mass is 16.2. The molecule has 1 saturated carbocycles. The fraction of sp³-hybridized carbons (Fsp3) is 0.609. The van der Waals surface area contributed by atoms with Gasteiger partial charge in [-0.2, -0.15) is 0 Å². The molecule has 28 heavy (non-hydrogen) atoms. The Morgan fingerprint density at radius 3 is 2.39 bits per heavy atom. The van der Waals surface area contributed by atoms with Crippen LogP contribution in [0, 0.1) is 6.92 Å². The van der Waals surface area contributed by atoms with Crippen LogP contribution in [0.5, 0.6) is 0 Å². The molecule has 3 fully saturated rings. The zero-order valence-corrected chi connectivity index (χ0v) is 16.8. The first-order valence-electron chi connectivity index (χ1n) is 10.7. The van der Waals surface area contributed by atoms with Crippen molar-refractivity contribution >= 4 is 17.7 Å². The summed E-state index contributed by atoms with van der Waals surface area (Å²) in [4.78, 5) is 43.3. The molecule has 0 spiro atoms. The summed E-state index contributed by atoms with van der Waals surface area (Å²) >= 11 is 0. The highest BCUT2D eigenvalue weighted by Gasteiger charge is 2.56. The summed E-state index contributed by atoms with van der Waals surface area (Å²) in [6.07, 6.45) is 7.31. The van der Waals surface area contributed by atoms with Gasteiger partial charge in [0.25, 0.3) is 0 Å². The number of hydrogen-bond donors (Lipinski definition) is 0. The Kier molecular flexibility index (Phi) is 5.26. The van der Waals surface area contributed by atoms with Crippen LogP contribution in [0.25, 0.3) is 0 Å². The topological polar surface area (TPSA) is 57.7 Å². The van der Waals surface area contributed by atoms with Gasteiger partial charge in [0, 0.05) is 32.0 Å². The van der Waals surface area contributed by atoms with Crippen molar-refractivity contribution in [1.29, 1.82) is 0 Å². The van der Waals surface area contributed by atoms with Crippen LogP contribution in [0.2, 0.25) is 0 Å². The highest BCUT2D eigenvalue weighted by Crippen LogP contribution is 2.44. The van der Waals surface area contributed by atoms with Crippen molar-refractivity contribution in [2.45, 2.75) is 76.2 Å². The van der Waals surface area contributed by atoms with Crippen molar-refractivity contribution in [3.8, 4) is 0 Å². The molecule has 5 nitrogen and oxygen atoms in total. The van der Waals surface area contributed by atoms with Gasteiger partial charge in [-0.05, 0) is 50.2 Å². The number of amides is 3. The van der Waals surface area contributed by atoms with Gasteiger partial charge in [0.1, 0.15) is 0 Å². The summed E-state index contributed by atoms with van der Waals surface area (Å²) in [6, 6.07) is 7.76. The summed E-state index contributed by atoms with van der Waals surface area (Å²) < 4.78 is 0. The van der Waals surface area contributed by atoms with Crippen LogP contribution >= 0.6 is 0 Å². The van der Waals surface area contributed by atoms with Crippen LogP contribution in [-0.2, 0) is 19.8 Å². The molecular formula is C23H30N2O3. The monoisotopic (exact) mass is 382 g/mol. The predicted octanol–water partition coefficient (Wildman–Crippen LogP) is 3.34. The molecule has 3 aliphatic rings. The molecule has 1 atom stereocenters. The fourth-order valence-corrected chi connectivity index (χ4v) is 5.36. The average Bonchev–Trinajstić information content (AvgIpc) is 3.30. The van der Waals surface area contributed by atoms with Gasteiger partial charge in [0.05, 0.1) is 5.41 Å². The molecule has 0 N–H and O–H groups in total. The predicted molar refractivity (Wildman–Crippen MR) is 107 cm³/mol. The van der Waals surface area contributed by atoms with E-state index in [0.717, 1.165) is 69.2 Å². The van der Waals surface area contributed by atoms with Crippen molar-refractivity contribution in [2.75, 3.05) is 13.1 Å². The molecule has 0 bridgehead atoms. The molecule has 1 aromatic carbocycles. The fourth-order valence-electron chi connectivity index (χ4n) is 5.36. The first-order chi connectivity index (χ1) is 13.5. The molecular weight excluding hydrogens is 352 g/mol. The van der Waals surface area contributed by atoms with Gasteiger partial charge in [0.2, 0.25) is 17.7 Å². The summed E-state index contributed by atoms with van der Waals surface area (Å²) in [7, 11) is 0. The summed E-state index contributed by atoms with van der Waals surface area (Å²) in [5.41, 5.74) is 0.780. The molecule has 0 aromatic heterocycles. The Bertz CT molecular complexity index is 778. The molecule has 2 heterocycles. The molecule has 150 valence electrons. The number of hydrogen-bond acceptors (Lipinski definition) is 3. The zero-order valence-electron chi connectivity index (χ0n) is 16.8. The molecule has 2 aliphatic heterocycles. The van der Waals surface area contributed by atoms with E-state index >= 15 is 0 Å². The van der Waals surface area contributed by atoms with E-state index in [9.17, 15) is 14.4 Å². The van der Waals surface area contributed by atoms with Crippen molar-refractivity contribution in [3.05, 3.63) is 35.4 Å². The lowest BCUT2D eigenvalue weighted by atomic mass is 9.73. The Hall–Kier alpha value is -2.17. The van der Waals surface area contributed by atoms with E-state index in [1.54, 1.807) is 0 Å². The molecule has 3 amide bonds. The lowest BCUT2D eigenvalue weighted by Gasteiger charge is -2.33. The third-order valence-corrected chi connectivity index (χ3v) is 6.86. The van der Waals surface area contributed by atoms with E-state index in [4.69, 9.17) is 0 Å². The third-order valence-electron chi connectivity index (χ3n) is 6.86. The summed E-state index contributed by atoms with van der Waals surface area (Å²) in [5.74, 6) is -0.243. The Morgan fingerprint density at radius 1 is 1.04 bits per heavy atom. The quantitative estimate of drug-likeness (QED) is 0.751. The number of aryl methyl sites for hydroxylation is 1. The SMILES string of the molecule is Cc1ccccc1[C@]1(CC(=O)N2CCCCC2)CC(=O)N(C2CCCC2)C1=O. The molecule has 0 unspecified atom stereocenters. The van der Waals surface area contributed by atoms with Gasteiger partial charge in [-0.25, -0.2) is 0 Å². The second kappa shape index (κ2) is 7.69. The Balaban J connectivity index is 1.70. The molecule has 4 rings (SSSR count). The second-order valence-corrected chi connectivity index (χ2v) is 8.70. The van der Waals surface area contributed by atoms with Crippen molar-refractivity contribution < 1.29 is 14.4 Å². The summed E-state index contributed by atoms with van der Waals surface area (Å²) in [5, 5.41) is 0. The van der Waals surface area contributed by atoms with Crippen LogP contribution in [0.1, 0.15) is 68.9 Å². The highest BCUT2D eigenvalue weighted by molar-refractivity contribution is 6.11. The lowest BCUT2D eigenvalue weighted by molar-refractivity contribution is -0.145. The normalized spacial score (nSPS) is 26.3. The van der Waals surface area contributed by atoms with Gasteiger partial charge in [-0.1, -0.05) is 37.1 Å². The van der Waals surface area contributed by atoms with Gasteiger partial charge in [-0.3, -0.25) is 19.3 Å². The van der Waals surface area contributed by atoms with E-state index in [2.05, 4.69) is 0 Å². The molecule has 0 radical (unpaired) electrons. The number of rotatable bonds is 4. The zero-order chi connectivity index (χ0) is 19.7. The first kappa shape index (κ1) is 19.2. The number of imide groups is 1. The minimum Gasteiger partial charge on any atom is -0.343 e. The van der Waals surface area contributed by atoms with Crippen molar-refractivity contribution in [2.24, 2.45) is 0 Å². The largest absolute Gasteiger partial charge is 0.343 e. The van der Waals surface area contributed by atoms with Crippen LogP contribution in [0.15, 0.2) is 24.3 Å². The van der Waals surface area contributed by atoms with Gasteiger partial charge in [-0.15, -0.1) is 0 Å². The standard InChI is InChI=1S/C23H30N2O3/c1-17-9-3-6-12-19(17)23(15-20(26)24-13-7-2-8-14-24)16-21(27)25(22(23)28)18-10-4-5-11-18/h3,6,9,12,18H,2,4-5,7-8,10-11,13-16H2,1H3/t23-/m0/s1. The van der Waals surface area contributed by atoms with Crippen molar-refractivity contribution in [1.82, 2.24) is 9.80 Å². The van der Waals surface area contributed by atoms with E-state index in [1.807, 2.05) is 36.1 Å². The number of nitrogens with zero attached hydrogens (tertiary/aromatic N) is 2. The van der Waals surface area contributed by atoms with Gasteiger partial charge >= 0.3 is 0 Å². The first-order valence-corrected chi connectivity index (χ1v) is 10.7. The minimum absolute atomic E-state index is 0.0102. The number of carbonyl (C=O) groups is 3. The van der Waals surface area contributed by atoms with Gasteiger partial charge < -0.3 is 4.90 Å². The maximum Gasteiger partial charge on any atom is 0.241 e. The molecule has 5 heteroatoms. The minimum atomic E-state index is -1.04. The number of benzene rings is 1. The van der Waals surface area contributed by atoms with Gasteiger partial charge in [0.15, 0.2) is 0 Å². The van der Waals surface area contributed by atoms with Crippen molar-refractivity contribution in [3.63, 3.8) is 0 Å². The summed E-state index contributed by atoms with van der Waals surface area (Å²) in [6.45, 7) is 3.49. The Morgan fingerprint density at radius 2 is 1.71 bits per heavy atom. The number of carbonyl (C=O) groups excluding carboxylic acids is 3. The van der Waals surface area contributed by atoms with Crippen LogP contribution < -0.4 is 0 Å². The molecule has 1 aliphatic carbocycles. The molecule has 2 saturated heterocycles. The number of piperidine rings is 1. The smallest absolute Gasteiger partial charge is 0.241 e. The van der Waals surface area contributed by atoms with E-state index in [1.165, 1.54) is 4.90 Å². The van der Waals surface area contributed by atoms with E-state index in [-0.39, 0.29) is 36.6 Å². The maximum atomic E-state index is 13.7. The maximum absolute atomic E-state index is 13.7. The Labute approximate surface area is 167 Å². The molecule has 1 aromatic rings. The second-order valence-electron chi connectivity index (χ2n) is 8.70. The van der Waals surface area contributed by atoms with E-state index in [0.29, 0.717) is 0 Å². The van der Waals surface area contributed by atoms with Crippen LogP contribution in [-0.4, -0.2) is 46.7 Å². The lowest BCUT2D eigenvalue weighted by Crippen LogP contribution is -2.46. The van der Waals surface area contributed by atoms with Crippen LogP contribution in [0.4, 0.5) is 0 Å².